The van der Waals surface area contributed by atoms with E-state index in [4.69, 9.17) is 25.8 Å². The number of morpholine rings is 1. The number of halogens is 1. The van der Waals surface area contributed by atoms with Gasteiger partial charge in [0.05, 0.1) is 47.4 Å². The zero-order chi connectivity index (χ0) is 29.5. The number of sulfonamides is 2. The molecule has 3 aromatic carbocycles. The zero-order valence-corrected chi connectivity index (χ0v) is 24.6. The van der Waals surface area contributed by atoms with E-state index in [1.165, 1.54) is 66.0 Å². The van der Waals surface area contributed by atoms with Crippen molar-refractivity contribution in [3.05, 3.63) is 77.8 Å². The summed E-state index contributed by atoms with van der Waals surface area (Å²) >= 11 is 6.24. The van der Waals surface area contributed by atoms with Gasteiger partial charge in [-0.05, 0) is 54.6 Å². The van der Waals surface area contributed by atoms with Crippen LogP contribution in [-0.4, -0.2) is 80.2 Å². The van der Waals surface area contributed by atoms with Gasteiger partial charge in [-0.2, -0.15) is 4.31 Å². The molecule has 1 aliphatic rings. The number of anilines is 1. The summed E-state index contributed by atoms with van der Waals surface area (Å²) in [5, 5.41) is 2.84. The predicted molar refractivity (Wildman–Crippen MR) is 154 cm³/mol. The summed E-state index contributed by atoms with van der Waals surface area (Å²) in [6.45, 7) is 0.960. The second-order valence-corrected chi connectivity index (χ2v) is 13.0. The fourth-order valence-corrected chi connectivity index (χ4v) is 7.13. The highest BCUT2D eigenvalue weighted by Gasteiger charge is 2.28. The highest BCUT2D eigenvalue weighted by atomic mass is 35.5. The Balaban J connectivity index is 1.37. The molecule has 1 saturated heterocycles. The molecule has 0 bridgehead atoms. The van der Waals surface area contributed by atoms with Crippen LogP contribution in [0, 0.1) is 0 Å². The Hall–Kier alpha value is -3.36. The number of ether oxygens (including phenoxy) is 3. The molecule has 4 rings (SSSR count). The van der Waals surface area contributed by atoms with E-state index in [0.29, 0.717) is 37.8 Å². The van der Waals surface area contributed by atoms with E-state index in [2.05, 4.69) is 5.32 Å². The molecular formula is C27H30ClN3O8S2. The highest BCUT2D eigenvalue weighted by molar-refractivity contribution is 7.92. The SMILES string of the molecule is COc1ccc(N(CC(=O)NCCOc2ccc(S(=O)(=O)N3CCOCC3)cc2)S(=O)(=O)c2ccccc2)cc1Cl. The van der Waals surface area contributed by atoms with Crippen LogP contribution in [0.2, 0.25) is 5.02 Å². The van der Waals surface area contributed by atoms with E-state index in [1.54, 1.807) is 18.2 Å². The van der Waals surface area contributed by atoms with Gasteiger partial charge in [-0.1, -0.05) is 29.8 Å². The van der Waals surface area contributed by atoms with Crippen LogP contribution in [0.3, 0.4) is 0 Å². The van der Waals surface area contributed by atoms with Gasteiger partial charge in [-0.3, -0.25) is 9.10 Å². The first kappa shape index (κ1) is 30.6. The summed E-state index contributed by atoms with van der Waals surface area (Å²) in [4.78, 5) is 13.0. The molecule has 0 aromatic heterocycles. The first-order chi connectivity index (χ1) is 19.6. The number of amides is 1. The molecule has 0 atom stereocenters. The number of carbonyl (C=O) groups is 1. The Bertz CT molecular complexity index is 1550. The number of nitrogens with zero attached hydrogens (tertiary/aromatic N) is 2. The van der Waals surface area contributed by atoms with Crippen LogP contribution in [0.1, 0.15) is 0 Å². The summed E-state index contributed by atoms with van der Waals surface area (Å²) in [5.41, 5.74) is 0.193. The average Bonchev–Trinajstić information content (AvgIpc) is 2.99. The van der Waals surface area contributed by atoms with Crippen molar-refractivity contribution in [3.8, 4) is 11.5 Å². The van der Waals surface area contributed by atoms with Crippen molar-refractivity contribution in [2.75, 3.05) is 57.4 Å². The molecular weight excluding hydrogens is 594 g/mol. The van der Waals surface area contributed by atoms with Crippen molar-refractivity contribution >= 4 is 43.2 Å². The molecule has 14 heteroatoms. The number of carbonyl (C=O) groups excluding carboxylic acids is 1. The van der Waals surface area contributed by atoms with Crippen LogP contribution in [0.15, 0.2) is 82.6 Å². The van der Waals surface area contributed by atoms with Crippen LogP contribution in [-0.2, 0) is 29.6 Å². The number of nitrogens with one attached hydrogen (secondary N) is 1. The standard InChI is InChI=1S/C27H30ClN3O8S2/c1-37-26-12-7-21(19-25(26)28)31(41(35,36)23-5-3-2-4-6-23)20-27(32)29-13-16-39-22-8-10-24(11-9-22)40(33,34)30-14-17-38-18-15-30/h2-12,19H,13-18,20H2,1H3,(H,29,32). The van der Waals surface area contributed by atoms with Crippen LogP contribution in [0.5, 0.6) is 11.5 Å². The summed E-state index contributed by atoms with van der Waals surface area (Å²) in [7, 11) is -6.28. The molecule has 0 saturated carbocycles. The van der Waals surface area contributed by atoms with Crippen LogP contribution in [0.4, 0.5) is 5.69 Å². The molecule has 0 unspecified atom stereocenters. The van der Waals surface area contributed by atoms with Crippen LogP contribution < -0.4 is 19.1 Å². The minimum absolute atomic E-state index is 0.0159. The van der Waals surface area contributed by atoms with E-state index in [1.807, 2.05) is 0 Å². The minimum Gasteiger partial charge on any atom is -0.495 e. The van der Waals surface area contributed by atoms with Gasteiger partial charge in [0.25, 0.3) is 10.0 Å². The Morgan fingerprint density at radius 2 is 1.66 bits per heavy atom. The summed E-state index contributed by atoms with van der Waals surface area (Å²) in [5.74, 6) is 0.217. The molecule has 3 aromatic rings. The summed E-state index contributed by atoms with van der Waals surface area (Å²) in [6, 6.07) is 18.2. The lowest BCUT2D eigenvalue weighted by Gasteiger charge is -2.26. The van der Waals surface area contributed by atoms with Gasteiger partial charge in [0.1, 0.15) is 24.7 Å². The fourth-order valence-electron chi connectivity index (χ4n) is 4.03. The first-order valence-electron chi connectivity index (χ1n) is 12.6. The van der Waals surface area contributed by atoms with E-state index in [-0.39, 0.29) is 33.7 Å². The third-order valence-electron chi connectivity index (χ3n) is 6.17. The molecule has 0 radical (unpaired) electrons. The van der Waals surface area contributed by atoms with Crippen molar-refractivity contribution < 1.29 is 35.8 Å². The Labute approximate surface area is 244 Å². The number of methoxy groups -OCH3 is 1. The molecule has 1 amide bonds. The number of rotatable bonds is 12. The topological polar surface area (TPSA) is 132 Å². The third-order valence-corrected chi connectivity index (χ3v) is 10.2. The number of benzene rings is 3. The van der Waals surface area contributed by atoms with E-state index >= 15 is 0 Å². The van der Waals surface area contributed by atoms with Crippen LogP contribution in [0.25, 0.3) is 0 Å². The summed E-state index contributed by atoms with van der Waals surface area (Å²) in [6.07, 6.45) is 0. The average molecular weight is 624 g/mol. The second-order valence-electron chi connectivity index (χ2n) is 8.83. The third kappa shape index (κ3) is 7.49. The van der Waals surface area contributed by atoms with Crippen molar-refractivity contribution in [1.29, 1.82) is 0 Å². The van der Waals surface area contributed by atoms with Gasteiger partial charge in [-0.15, -0.1) is 0 Å². The zero-order valence-electron chi connectivity index (χ0n) is 22.2. The molecule has 220 valence electrons. The van der Waals surface area contributed by atoms with Gasteiger partial charge >= 0.3 is 0 Å². The van der Waals surface area contributed by atoms with E-state index in [0.717, 1.165) is 4.31 Å². The van der Waals surface area contributed by atoms with Gasteiger partial charge < -0.3 is 19.5 Å². The molecule has 11 nitrogen and oxygen atoms in total. The molecule has 1 fully saturated rings. The second kappa shape index (κ2) is 13.5. The Kier molecular flexibility index (Phi) is 10.1. The van der Waals surface area contributed by atoms with Gasteiger partial charge in [-0.25, -0.2) is 16.8 Å². The molecule has 0 spiro atoms. The minimum atomic E-state index is -4.10. The molecule has 1 aliphatic heterocycles. The highest BCUT2D eigenvalue weighted by Crippen LogP contribution is 2.32. The normalized spacial score (nSPS) is 14.3. The van der Waals surface area contributed by atoms with Gasteiger partial charge in [0.15, 0.2) is 0 Å². The molecule has 1 N–H and O–H groups in total. The number of hydrogen-bond acceptors (Lipinski definition) is 8. The van der Waals surface area contributed by atoms with Crippen LogP contribution >= 0.6 is 11.6 Å². The van der Waals surface area contributed by atoms with E-state index in [9.17, 15) is 21.6 Å². The monoisotopic (exact) mass is 623 g/mol. The van der Waals surface area contributed by atoms with Gasteiger partial charge in [0, 0.05) is 13.1 Å². The number of hydrogen-bond donors (Lipinski definition) is 1. The Morgan fingerprint density at radius 1 is 0.976 bits per heavy atom. The fraction of sp³-hybridized carbons (Fsp3) is 0.296. The predicted octanol–water partition coefficient (Wildman–Crippen LogP) is 2.76. The lowest BCUT2D eigenvalue weighted by Crippen LogP contribution is -2.42. The molecule has 41 heavy (non-hydrogen) atoms. The van der Waals surface area contributed by atoms with Crippen molar-refractivity contribution in [2.45, 2.75) is 9.79 Å². The lowest BCUT2D eigenvalue weighted by molar-refractivity contribution is -0.119. The lowest BCUT2D eigenvalue weighted by atomic mass is 10.3. The quantitative estimate of drug-likeness (QED) is 0.305. The molecule has 0 aliphatic carbocycles. The smallest absolute Gasteiger partial charge is 0.264 e. The summed E-state index contributed by atoms with van der Waals surface area (Å²) < 4.78 is 70.8. The Morgan fingerprint density at radius 3 is 2.29 bits per heavy atom. The van der Waals surface area contributed by atoms with Crippen molar-refractivity contribution in [2.24, 2.45) is 0 Å². The van der Waals surface area contributed by atoms with E-state index < -0.39 is 32.5 Å². The van der Waals surface area contributed by atoms with Crippen molar-refractivity contribution in [3.63, 3.8) is 0 Å². The first-order valence-corrected chi connectivity index (χ1v) is 15.9. The van der Waals surface area contributed by atoms with Crippen molar-refractivity contribution in [1.82, 2.24) is 9.62 Å². The maximum Gasteiger partial charge on any atom is 0.264 e. The van der Waals surface area contributed by atoms with Gasteiger partial charge in [0.2, 0.25) is 15.9 Å². The maximum atomic E-state index is 13.4. The largest absolute Gasteiger partial charge is 0.495 e. The maximum absolute atomic E-state index is 13.4. The molecule has 1 heterocycles.